The molecule has 1 saturated heterocycles. The number of aryl methyl sites for hydroxylation is 2. The first-order valence-electron chi connectivity index (χ1n) is 7.52. The minimum Gasteiger partial charge on any atom is -0.317 e. The molecule has 3 heteroatoms. The lowest BCUT2D eigenvalue weighted by Gasteiger charge is -2.22. The predicted molar refractivity (Wildman–Crippen MR) is 82.7 cm³/mol. The second kappa shape index (κ2) is 5.80. The molecule has 1 aromatic carbocycles. The molecular formula is C17H23N3. The highest BCUT2D eigenvalue weighted by molar-refractivity contribution is 5.63. The molecule has 0 bridgehead atoms. The minimum atomic E-state index is 0.767. The Bertz CT molecular complexity index is 559. The molecule has 0 atom stereocenters. The molecule has 2 heterocycles. The zero-order chi connectivity index (χ0) is 13.9. The van der Waals surface area contributed by atoms with E-state index in [1.54, 1.807) is 0 Å². The summed E-state index contributed by atoms with van der Waals surface area (Å²) in [5.74, 6) is 0.767. The molecule has 0 saturated carbocycles. The summed E-state index contributed by atoms with van der Waals surface area (Å²) in [5, 5.41) is 7.96. The van der Waals surface area contributed by atoms with Gasteiger partial charge in [0.05, 0.1) is 6.20 Å². The van der Waals surface area contributed by atoms with E-state index in [4.69, 9.17) is 0 Å². The van der Waals surface area contributed by atoms with E-state index in [-0.39, 0.29) is 0 Å². The van der Waals surface area contributed by atoms with Crippen molar-refractivity contribution in [2.24, 2.45) is 5.92 Å². The minimum absolute atomic E-state index is 0.767. The third-order valence-corrected chi connectivity index (χ3v) is 4.09. The fourth-order valence-corrected chi connectivity index (χ4v) is 3.08. The van der Waals surface area contributed by atoms with Gasteiger partial charge in [-0.25, -0.2) is 0 Å². The van der Waals surface area contributed by atoms with E-state index < -0.39 is 0 Å². The molecule has 1 aliphatic rings. The first-order chi connectivity index (χ1) is 9.70. The number of benzene rings is 1. The van der Waals surface area contributed by atoms with Gasteiger partial charge in [-0.15, -0.1) is 0 Å². The molecule has 106 valence electrons. The fraction of sp³-hybridized carbons (Fsp3) is 0.471. The van der Waals surface area contributed by atoms with Crippen molar-refractivity contribution >= 4 is 0 Å². The van der Waals surface area contributed by atoms with Crippen LogP contribution in [0.1, 0.15) is 24.0 Å². The van der Waals surface area contributed by atoms with Crippen molar-refractivity contribution in [3.8, 4) is 11.1 Å². The first-order valence-corrected chi connectivity index (χ1v) is 7.52. The van der Waals surface area contributed by atoms with Crippen molar-refractivity contribution < 1.29 is 0 Å². The standard InChI is InChI=1S/C17H23N3/c1-13-7-14(2)9-16(8-13)17-10-19-20(12-17)11-15-3-5-18-6-4-15/h7-10,12,15,18H,3-6,11H2,1-2H3. The van der Waals surface area contributed by atoms with Gasteiger partial charge >= 0.3 is 0 Å². The number of hydrogen-bond donors (Lipinski definition) is 1. The van der Waals surface area contributed by atoms with Crippen LogP contribution in [0.25, 0.3) is 11.1 Å². The zero-order valence-corrected chi connectivity index (χ0v) is 12.4. The molecule has 2 aromatic rings. The maximum absolute atomic E-state index is 4.54. The summed E-state index contributed by atoms with van der Waals surface area (Å²) in [4.78, 5) is 0. The molecule has 1 aromatic heterocycles. The van der Waals surface area contributed by atoms with Gasteiger partial charge in [-0.3, -0.25) is 4.68 Å². The number of piperidine rings is 1. The Labute approximate surface area is 121 Å². The van der Waals surface area contributed by atoms with Gasteiger partial charge in [-0.05, 0) is 51.3 Å². The summed E-state index contributed by atoms with van der Waals surface area (Å²) >= 11 is 0. The van der Waals surface area contributed by atoms with Gasteiger partial charge in [-0.2, -0.15) is 5.10 Å². The number of hydrogen-bond acceptors (Lipinski definition) is 2. The molecule has 0 amide bonds. The Kier molecular flexibility index (Phi) is 3.88. The van der Waals surface area contributed by atoms with Gasteiger partial charge < -0.3 is 5.32 Å². The number of aromatic nitrogens is 2. The second-order valence-corrected chi connectivity index (χ2v) is 6.02. The normalized spacial score (nSPS) is 16.5. The summed E-state index contributed by atoms with van der Waals surface area (Å²) in [7, 11) is 0. The molecule has 0 radical (unpaired) electrons. The predicted octanol–water partition coefficient (Wildman–Crippen LogP) is 3.17. The van der Waals surface area contributed by atoms with Crippen molar-refractivity contribution in [1.29, 1.82) is 0 Å². The van der Waals surface area contributed by atoms with Crippen LogP contribution >= 0.6 is 0 Å². The Hall–Kier alpha value is -1.61. The number of rotatable bonds is 3. The lowest BCUT2D eigenvalue weighted by atomic mass is 9.98. The van der Waals surface area contributed by atoms with Gasteiger partial charge in [0.25, 0.3) is 0 Å². The largest absolute Gasteiger partial charge is 0.317 e. The molecular weight excluding hydrogens is 246 g/mol. The Balaban J connectivity index is 1.75. The summed E-state index contributed by atoms with van der Waals surface area (Å²) in [6, 6.07) is 6.68. The van der Waals surface area contributed by atoms with Gasteiger partial charge in [0.2, 0.25) is 0 Å². The van der Waals surface area contributed by atoms with E-state index in [1.165, 1.54) is 35.1 Å². The third kappa shape index (κ3) is 3.10. The molecule has 1 aliphatic heterocycles. The van der Waals surface area contributed by atoms with Crippen molar-refractivity contribution in [2.45, 2.75) is 33.2 Å². The third-order valence-electron chi connectivity index (χ3n) is 4.09. The van der Waals surface area contributed by atoms with E-state index in [0.717, 1.165) is 25.6 Å². The monoisotopic (exact) mass is 269 g/mol. The molecule has 3 rings (SSSR count). The highest BCUT2D eigenvalue weighted by Crippen LogP contribution is 2.22. The van der Waals surface area contributed by atoms with Crippen LogP contribution < -0.4 is 5.32 Å². The quantitative estimate of drug-likeness (QED) is 0.927. The Morgan fingerprint density at radius 3 is 2.50 bits per heavy atom. The molecule has 1 N–H and O–H groups in total. The molecule has 0 spiro atoms. The van der Waals surface area contributed by atoms with Gasteiger partial charge in [-0.1, -0.05) is 29.3 Å². The molecule has 20 heavy (non-hydrogen) atoms. The molecule has 1 fully saturated rings. The summed E-state index contributed by atoms with van der Waals surface area (Å²) < 4.78 is 2.11. The molecule has 0 unspecified atom stereocenters. The van der Waals surface area contributed by atoms with Crippen LogP contribution in [0.2, 0.25) is 0 Å². The van der Waals surface area contributed by atoms with Crippen LogP contribution in [0.4, 0.5) is 0 Å². The van der Waals surface area contributed by atoms with Crippen LogP contribution in [0.5, 0.6) is 0 Å². The number of nitrogens with zero attached hydrogens (tertiary/aromatic N) is 2. The van der Waals surface area contributed by atoms with Gasteiger partial charge in [0.15, 0.2) is 0 Å². The van der Waals surface area contributed by atoms with E-state index in [9.17, 15) is 0 Å². The first kappa shape index (κ1) is 13.4. The van der Waals surface area contributed by atoms with Crippen LogP contribution in [-0.2, 0) is 6.54 Å². The van der Waals surface area contributed by atoms with E-state index >= 15 is 0 Å². The Morgan fingerprint density at radius 2 is 1.80 bits per heavy atom. The van der Waals surface area contributed by atoms with Crippen molar-refractivity contribution in [1.82, 2.24) is 15.1 Å². The average molecular weight is 269 g/mol. The zero-order valence-electron chi connectivity index (χ0n) is 12.4. The Morgan fingerprint density at radius 1 is 1.10 bits per heavy atom. The van der Waals surface area contributed by atoms with E-state index in [1.807, 2.05) is 6.20 Å². The van der Waals surface area contributed by atoms with Gasteiger partial charge in [0.1, 0.15) is 0 Å². The van der Waals surface area contributed by atoms with E-state index in [2.05, 4.69) is 53.3 Å². The summed E-state index contributed by atoms with van der Waals surface area (Å²) in [6.07, 6.45) is 6.71. The lowest BCUT2D eigenvalue weighted by molar-refractivity contribution is 0.321. The maximum atomic E-state index is 4.54. The van der Waals surface area contributed by atoms with Crippen molar-refractivity contribution in [3.05, 3.63) is 41.7 Å². The molecule has 3 nitrogen and oxygen atoms in total. The van der Waals surface area contributed by atoms with Crippen LogP contribution in [0.15, 0.2) is 30.6 Å². The number of nitrogens with one attached hydrogen (secondary N) is 1. The second-order valence-electron chi connectivity index (χ2n) is 6.02. The smallest absolute Gasteiger partial charge is 0.0568 e. The lowest BCUT2D eigenvalue weighted by Crippen LogP contribution is -2.29. The summed E-state index contributed by atoms with van der Waals surface area (Å²) in [5.41, 5.74) is 5.13. The van der Waals surface area contributed by atoms with Crippen LogP contribution in [0.3, 0.4) is 0 Å². The highest BCUT2D eigenvalue weighted by Gasteiger charge is 2.14. The maximum Gasteiger partial charge on any atom is 0.0568 e. The van der Waals surface area contributed by atoms with Crippen molar-refractivity contribution in [2.75, 3.05) is 13.1 Å². The van der Waals surface area contributed by atoms with Crippen LogP contribution in [0, 0.1) is 19.8 Å². The SMILES string of the molecule is Cc1cc(C)cc(-c2cnn(CC3CCNCC3)c2)c1. The van der Waals surface area contributed by atoms with E-state index in [0.29, 0.717) is 0 Å². The van der Waals surface area contributed by atoms with Crippen LogP contribution in [-0.4, -0.2) is 22.9 Å². The highest BCUT2D eigenvalue weighted by atomic mass is 15.3. The fourth-order valence-electron chi connectivity index (χ4n) is 3.08. The average Bonchev–Trinajstić information content (AvgIpc) is 2.87. The molecule has 0 aliphatic carbocycles. The summed E-state index contributed by atoms with van der Waals surface area (Å²) in [6.45, 7) is 7.64. The van der Waals surface area contributed by atoms with Gasteiger partial charge in [0, 0.05) is 18.3 Å². The topological polar surface area (TPSA) is 29.9 Å². The van der Waals surface area contributed by atoms with Crippen molar-refractivity contribution in [3.63, 3.8) is 0 Å².